The van der Waals surface area contributed by atoms with Gasteiger partial charge in [0, 0.05) is 24.6 Å². The molecule has 1 aliphatic rings. The average Bonchev–Trinajstić information content (AvgIpc) is 3.36. The molecule has 3 heterocycles. The summed E-state index contributed by atoms with van der Waals surface area (Å²) in [5.74, 6) is 2.31. The van der Waals surface area contributed by atoms with Crippen LogP contribution in [0.3, 0.4) is 0 Å². The summed E-state index contributed by atoms with van der Waals surface area (Å²) in [7, 11) is 0. The summed E-state index contributed by atoms with van der Waals surface area (Å²) in [5, 5.41) is 10.0. The number of H-pyrrole nitrogens is 1. The van der Waals surface area contributed by atoms with Crippen molar-refractivity contribution in [1.82, 2.24) is 30.4 Å². The molecule has 0 spiro atoms. The van der Waals surface area contributed by atoms with Gasteiger partial charge in [-0.25, -0.2) is 14.8 Å². The number of rotatable bonds is 4. The molecule has 1 saturated heterocycles. The second-order valence-corrected chi connectivity index (χ2v) is 6.73. The third-order valence-corrected chi connectivity index (χ3v) is 4.68. The number of hydrogen-bond acceptors (Lipinski definition) is 5. The van der Waals surface area contributed by atoms with Crippen LogP contribution < -0.4 is 5.32 Å². The Kier molecular flexibility index (Phi) is 4.86. The van der Waals surface area contributed by atoms with Gasteiger partial charge in [0.2, 0.25) is 5.89 Å². The Morgan fingerprint density at radius 1 is 1.33 bits per heavy atom. The lowest BCUT2D eigenvalue weighted by Crippen LogP contribution is -2.44. The molecule has 8 heteroatoms. The van der Waals surface area contributed by atoms with Gasteiger partial charge in [0.1, 0.15) is 12.1 Å². The van der Waals surface area contributed by atoms with Gasteiger partial charge in [0.05, 0.1) is 12.2 Å². The zero-order valence-electron chi connectivity index (χ0n) is 15.2. The Morgan fingerprint density at radius 3 is 2.96 bits per heavy atom. The van der Waals surface area contributed by atoms with E-state index in [2.05, 4.69) is 25.5 Å². The Balaban J connectivity index is 1.33. The highest BCUT2D eigenvalue weighted by Crippen LogP contribution is 2.24. The molecule has 4 rings (SSSR count). The molecule has 0 bridgehead atoms. The number of carbonyl (C=O) groups excluding carboxylic acids is 1. The van der Waals surface area contributed by atoms with Gasteiger partial charge in [-0.1, -0.05) is 18.2 Å². The van der Waals surface area contributed by atoms with E-state index >= 15 is 0 Å². The zero-order chi connectivity index (χ0) is 18.6. The molecule has 2 amide bonds. The highest BCUT2D eigenvalue weighted by atomic mass is 16.3. The zero-order valence-corrected chi connectivity index (χ0v) is 15.2. The first kappa shape index (κ1) is 17.3. The maximum Gasteiger partial charge on any atom is 0.317 e. The van der Waals surface area contributed by atoms with Gasteiger partial charge < -0.3 is 14.6 Å². The van der Waals surface area contributed by atoms with Gasteiger partial charge in [0.25, 0.3) is 0 Å². The van der Waals surface area contributed by atoms with E-state index < -0.39 is 0 Å². The van der Waals surface area contributed by atoms with Crippen molar-refractivity contribution in [1.29, 1.82) is 0 Å². The summed E-state index contributed by atoms with van der Waals surface area (Å²) >= 11 is 0. The average molecular weight is 366 g/mol. The molecule has 8 nitrogen and oxygen atoms in total. The molecule has 1 aliphatic heterocycles. The maximum atomic E-state index is 12.5. The molecular weight excluding hydrogens is 344 g/mol. The smallest absolute Gasteiger partial charge is 0.317 e. The van der Waals surface area contributed by atoms with Crippen LogP contribution in [0.15, 0.2) is 41.0 Å². The molecule has 3 aromatic rings. The summed E-state index contributed by atoms with van der Waals surface area (Å²) in [4.78, 5) is 23.2. The summed E-state index contributed by atoms with van der Waals surface area (Å²) < 4.78 is 5.51. The normalized spacial score (nSPS) is 17.1. The minimum Gasteiger partial charge on any atom is -0.444 e. The second kappa shape index (κ2) is 7.61. The van der Waals surface area contributed by atoms with Gasteiger partial charge in [-0.15, -0.1) is 0 Å². The van der Waals surface area contributed by atoms with Crippen LogP contribution in [0.4, 0.5) is 4.79 Å². The minimum absolute atomic E-state index is 0.101. The van der Waals surface area contributed by atoms with Crippen molar-refractivity contribution in [3.63, 3.8) is 0 Å². The molecule has 1 fully saturated rings. The number of aromatic nitrogens is 4. The quantitative estimate of drug-likeness (QED) is 0.739. The van der Waals surface area contributed by atoms with Crippen LogP contribution in [0.1, 0.15) is 36.1 Å². The maximum absolute atomic E-state index is 12.5. The Labute approximate surface area is 157 Å². The number of nitrogens with zero attached hydrogens (tertiary/aromatic N) is 4. The molecule has 2 N–H and O–H groups in total. The first-order valence-corrected chi connectivity index (χ1v) is 9.10. The van der Waals surface area contributed by atoms with Crippen molar-refractivity contribution >= 4 is 6.03 Å². The van der Waals surface area contributed by atoms with Crippen molar-refractivity contribution < 1.29 is 9.21 Å². The fraction of sp³-hybridized carbons (Fsp3) is 0.368. The Bertz CT molecular complexity index is 904. The molecule has 0 unspecified atom stereocenters. The summed E-state index contributed by atoms with van der Waals surface area (Å²) in [6, 6.07) is 9.59. The number of hydrogen-bond donors (Lipinski definition) is 2. The topological polar surface area (TPSA) is 99.9 Å². The third-order valence-electron chi connectivity index (χ3n) is 4.68. The number of benzene rings is 1. The molecule has 1 atom stereocenters. The lowest BCUT2D eigenvalue weighted by molar-refractivity contribution is 0.178. The van der Waals surface area contributed by atoms with E-state index in [1.165, 1.54) is 0 Å². The molecule has 27 heavy (non-hydrogen) atoms. The van der Waals surface area contributed by atoms with Crippen LogP contribution in [-0.2, 0) is 6.54 Å². The van der Waals surface area contributed by atoms with Crippen LogP contribution in [0, 0.1) is 6.92 Å². The molecule has 1 aromatic carbocycles. The third kappa shape index (κ3) is 3.99. The van der Waals surface area contributed by atoms with Gasteiger partial charge in [0.15, 0.2) is 5.82 Å². The van der Waals surface area contributed by atoms with Crippen molar-refractivity contribution in [3.8, 4) is 11.5 Å². The first-order valence-electron chi connectivity index (χ1n) is 9.10. The van der Waals surface area contributed by atoms with Crippen LogP contribution in [0.2, 0.25) is 0 Å². The van der Waals surface area contributed by atoms with E-state index in [4.69, 9.17) is 4.42 Å². The van der Waals surface area contributed by atoms with Crippen LogP contribution in [0.25, 0.3) is 11.5 Å². The summed E-state index contributed by atoms with van der Waals surface area (Å²) in [6.45, 7) is 3.57. The van der Waals surface area contributed by atoms with Crippen LogP contribution in [0.5, 0.6) is 0 Å². The fourth-order valence-electron chi connectivity index (χ4n) is 3.29. The molecule has 0 radical (unpaired) electrons. The van der Waals surface area contributed by atoms with Crippen molar-refractivity contribution in [2.45, 2.75) is 32.2 Å². The van der Waals surface area contributed by atoms with Crippen molar-refractivity contribution in [2.75, 3.05) is 13.1 Å². The van der Waals surface area contributed by atoms with E-state index in [9.17, 15) is 4.79 Å². The summed E-state index contributed by atoms with van der Waals surface area (Å²) in [6.07, 6.45) is 3.51. The number of aryl methyl sites for hydroxylation is 1. The number of nitrogens with one attached hydrogen (secondary N) is 2. The number of aromatic amines is 1. The van der Waals surface area contributed by atoms with Crippen molar-refractivity contribution in [2.24, 2.45) is 0 Å². The standard InChI is InChI=1S/C19H22N6O2/c1-13-21-17(24-23-13)15-8-5-9-25(11-15)19(26)20-10-16-12-27-18(22-16)14-6-3-2-4-7-14/h2-4,6-7,12,15H,5,8-11H2,1H3,(H,20,26)(H,21,23,24)/t15-/m0/s1. The fourth-order valence-corrected chi connectivity index (χ4v) is 3.29. The highest BCUT2D eigenvalue weighted by molar-refractivity contribution is 5.74. The number of likely N-dealkylation sites (tertiary alicyclic amines) is 1. The van der Waals surface area contributed by atoms with Crippen LogP contribution in [-0.4, -0.2) is 44.2 Å². The SMILES string of the molecule is Cc1nc([C@H]2CCCN(C(=O)NCc3coc(-c4ccccc4)n3)C2)n[nH]1. The number of carbonyl (C=O) groups is 1. The largest absolute Gasteiger partial charge is 0.444 e. The monoisotopic (exact) mass is 366 g/mol. The summed E-state index contributed by atoms with van der Waals surface area (Å²) in [5.41, 5.74) is 1.61. The lowest BCUT2D eigenvalue weighted by atomic mass is 9.98. The molecule has 0 aliphatic carbocycles. The Hall–Kier alpha value is -3.16. The molecular formula is C19H22N6O2. The number of urea groups is 1. The van der Waals surface area contributed by atoms with Gasteiger partial charge in [-0.2, -0.15) is 5.10 Å². The number of amides is 2. The molecule has 0 saturated carbocycles. The van der Waals surface area contributed by atoms with Gasteiger partial charge in [-0.05, 0) is 31.9 Å². The highest BCUT2D eigenvalue weighted by Gasteiger charge is 2.27. The Morgan fingerprint density at radius 2 is 2.19 bits per heavy atom. The van der Waals surface area contributed by atoms with E-state index in [1.807, 2.05) is 42.2 Å². The molecule has 2 aromatic heterocycles. The first-order chi connectivity index (χ1) is 13.2. The van der Waals surface area contributed by atoms with Crippen molar-refractivity contribution in [3.05, 3.63) is 53.9 Å². The van der Waals surface area contributed by atoms with E-state index in [0.717, 1.165) is 36.6 Å². The van der Waals surface area contributed by atoms with Crippen LogP contribution >= 0.6 is 0 Å². The predicted octanol–water partition coefficient (Wildman–Crippen LogP) is 2.86. The van der Waals surface area contributed by atoms with E-state index in [0.29, 0.717) is 24.7 Å². The van der Waals surface area contributed by atoms with Gasteiger partial charge >= 0.3 is 6.03 Å². The second-order valence-electron chi connectivity index (χ2n) is 6.73. The van der Waals surface area contributed by atoms with E-state index in [-0.39, 0.29) is 11.9 Å². The number of piperidine rings is 1. The van der Waals surface area contributed by atoms with E-state index in [1.54, 1.807) is 6.26 Å². The lowest BCUT2D eigenvalue weighted by Gasteiger charge is -2.31. The molecule has 140 valence electrons. The predicted molar refractivity (Wildman–Crippen MR) is 98.8 cm³/mol. The minimum atomic E-state index is -0.101. The number of oxazole rings is 1. The van der Waals surface area contributed by atoms with Gasteiger partial charge in [-0.3, -0.25) is 5.10 Å².